The van der Waals surface area contributed by atoms with E-state index in [9.17, 15) is 4.79 Å². The molecule has 258 valence electrons. The van der Waals surface area contributed by atoms with Gasteiger partial charge in [0.1, 0.15) is 0 Å². The molecule has 1 N–H and O–H groups in total. The van der Waals surface area contributed by atoms with Crippen LogP contribution in [0, 0.1) is 0 Å². The number of nitrogens with zero attached hydrogens (tertiary/aromatic N) is 4. The molecular weight excluding hydrogens is 675 g/mol. The smallest absolute Gasteiger partial charge is 0.256 e. The highest BCUT2D eigenvalue weighted by molar-refractivity contribution is 6.10. The Balaban J connectivity index is 1.04. The average Bonchev–Trinajstić information content (AvgIpc) is 3.81. The summed E-state index contributed by atoms with van der Waals surface area (Å²) in [5, 5.41) is 3.42. The van der Waals surface area contributed by atoms with Crippen molar-refractivity contribution in [1.29, 1.82) is 0 Å². The van der Waals surface area contributed by atoms with Gasteiger partial charge in [-0.25, -0.2) is 15.0 Å². The monoisotopic (exact) mass is 705 g/mol. The second-order valence-electron chi connectivity index (χ2n) is 14.1. The van der Waals surface area contributed by atoms with E-state index in [-0.39, 0.29) is 5.56 Å². The standard InChI is InChI=1S/C49H31N5O/c55-49-45-37-19-8-7-16-34(37)29-41(45)39-27-32(22-24-42(39)50-49)33-23-25-44-40(28-33)38-20-9-10-21-43(38)54(44)36-18-11-17-35(26-36)48-52-46(30-12-3-1-4-13-30)51-47(53-48)31-14-5-2-6-15-31/h1-28H,29H2,(H,50,55). The Kier molecular flexibility index (Phi) is 6.97. The second-order valence-corrected chi connectivity index (χ2v) is 14.1. The number of rotatable bonds is 5. The normalized spacial score (nSPS) is 12.0. The summed E-state index contributed by atoms with van der Waals surface area (Å²) < 4.78 is 2.32. The largest absolute Gasteiger partial charge is 0.321 e. The molecule has 11 rings (SSSR count). The summed E-state index contributed by atoms with van der Waals surface area (Å²) in [7, 11) is 0. The van der Waals surface area contributed by atoms with Gasteiger partial charge in [-0.3, -0.25) is 4.79 Å². The Hall–Kier alpha value is -7.44. The predicted molar refractivity (Wildman–Crippen MR) is 222 cm³/mol. The Morgan fingerprint density at radius 2 is 1.07 bits per heavy atom. The number of fused-ring (bicyclic) bond motifs is 8. The number of benzene rings is 7. The van der Waals surface area contributed by atoms with Crippen molar-refractivity contribution >= 4 is 32.7 Å². The molecule has 0 saturated heterocycles. The van der Waals surface area contributed by atoms with Gasteiger partial charge in [-0.15, -0.1) is 0 Å². The van der Waals surface area contributed by atoms with E-state index in [1.165, 1.54) is 10.9 Å². The van der Waals surface area contributed by atoms with E-state index < -0.39 is 0 Å². The molecule has 3 aromatic heterocycles. The molecule has 0 unspecified atom stereocenters. The van der Waals surface area contributed by atoms with Crippen LogP contribution in [0.15, 0.2) is 175 Å². The molecule has 0 aliphatic heterocycles. The van der Waals surface area contributed by atoms with Crippen molar-refractivity contribution in [2.24, 2.45) is 0 Å². The second kappa shape index (κ2) is 12.3. The molecule has 0 radical (unpaired) electrons. The highest BCUT2D eigenvalue weighted by atomic mass is 16.1. The molecule has 3 heterocycles. The van der Waals surface area contributed by atoms with Gasteiger partial charge in [-0.2, -0.15) is 0 Å². The Morgan fingerprint density at radius 3 is 1.84 bits per heavy atom. The molecular formula is C49H31N5O. The lowest BCUT2D eigenvalue weighted by molar-refractivity contribution is 1.07. The summed E-state index contributed by atoms with van der Waals surface area (Å²) in [4.78, 5) is 31.3. The fraction of sp³-hybridized carbons (Fsp3) is 0.0204. The number of para-hydroxylation sites is 1. The van der Waals surface area contributed by atoms with Crippen molar-refractivity contribution in [3.05, 3.63) is 191 Å². The number of nitrogens with one attached hydrogen (secondary N) is 1. The van der Waals surface area contributed by atoms with Gasteiger partial charge in [0, 0.05) is 44.1 Å². The lowest BCUT2D eigenvalue weighted by Gasteiger charge is -2.12. The van der Waals surface area contributed by atoms with Gasteiger partial charge < -0.3 is 9.55 Å². The molecule has 6 nitrogen and oxygen atoms in total. The van der Waals surface area contributed by atoms with Crippen LogP contribution >= 0.6 is 0 Å². The third kappa shape index (κ3) is 5.11. The van der Waals surface area contributed by atoms with Crippen molar-refractivity contribution in [3.63, 3.8) is 0 Å². The lowest BCUT2D eigenvalue weighted by atomic mass is 9.97. The van der Waals surface area contributed by atoms with Crippen molar-refractivity contribution < 1.29 is 0 Å². The van der Waals surface area contributed by atoms with Crippen LogP contribution in [-0.4, -0.2) is 24.5 Å². The number of hydrogen-bond donors (Lipinski definition) is 1. The minimum Gasteiger partial charge on any atom is -0.321 e. The molecule has 10 aromatic rings. The van der Waals surface area contributed by atoms with Gasteiger partial charge in [0.25, 0.3) is 5.56 Å². The average molecular weight is 706 g/mol. The Morgan fingerprint density at radius 1 is 0.473 bits per heavy atom. The quantitative estimate of drug-likeness (QED) is 0.193. The molecule has 1 aliphatic carbocycles. The first-order valence-corrected chi connectivity index (χ1v) is 18.4. The Labute approximate surface area is 316 Å². The van der Waals surface area contributed by atoms with E-state index in [1.807, 2.05) is 78.9 Å². The topological polar surface area (TPSA) is 76.5 Å². The van der Waals surface area contributed by atoms with Crippen LogP contribution in [0.2, 0.25) is 0 Å². The number of pyridine rings is 1. The van der Waals surface area contributed by atoms with Crippen LogP contribution in [0.1, 0.15) is 11.1 Å². The highest BCUT2D eigenvalue weighted by Gasteiger charge is 2.24. The van der Waals surface area contributed by atoms with Crippen molar-refractivity contribution in [1.82, 2.24) is 24.5 Å². The number of aromatic nitrogens is 5. The molecule has 55 heavy (non-hydrogen) atoms. The maximum atomic E-state index is 13.2. The number of hydrogen-bond acceptors (Lipinski definition) is 4. The van der Waals surface area contributed by atoms with Gasteiger partial charge in [0.15, 0.2) is 17.5 Å². The number of aromatic amines is 1. The van der Waals surface area contributed by atoms with Crippen LogP contribution in [0.3, 0.4) is 0 Å². The summed E-state index contributed by atoms with van der Waals surface area (Å²) in [6, 6.07) is 58.5. The van der Waals surface area contributed by atoms with Gasteiger partial charge in [0.05, 0.1) is 16.6 Å². The molecule has 0 saturated carbocycles. The summed E-state index contributed by atoms with van der Waals surface area (Å²) in [6.07, 6.45) is 0.757. The fourth-order valence-electron chi connectivity index (χ4n) is 8.27. The van der Waals surface area contributed by atoms with E-state index in [0.717, 1.165) is 83.9 Å². The SMILES string of the molecule is O=c1[nH]c2ccc(-c3ccc4c(c3)c3ccccc3n4-c3cccc(-c4nc(-c5ccccc5)nc(-c5ccccc5)n4)c3)cc2c2c1-c1ccccc1C2. The minimum atomic E-state index is -0.0257. The predicted octanol–water partition coefficient (Wildman–Crippen LogP) is 11.0. The van der Waals surface area contributed by atoms with E-state index in [4.69, 9.17) is 15.0 Å². The van der Waals surface area contributed by atoms with Crippen LogP contribution in [-0.2, 0) is 6.42 Å². The zero-order valence-corrected chi connectivity index (χ0v) is 29.6. The zero-order chi connectivity index (χ0) is 36.5. The molecule has 1 aliphatic rings. The van der Waals surface area contributed by atoms with Crippen LogP contribution < -0.4 is 5.56 Å². The fourth-order valence-corrected chi connectivity index (χ4v) is 8.27. The molecule has 0 bridgehead atoms. The maximum Gasteiger partial charge on any atom is 0.256 e. The van der Waals surface area contributed by atoms with Gasteiger partial charge in [0.2, 0.25) is 0 Å². The van der Waals surface area contributed by atoms with E-state index in [2.05, 4.69) is 101 Å². The van der Waals surface area contributed by atoms with Crippen LogP contribution in [0.25, 0.3) is 94.8 Å². The van der Waals surface area contributed by atoms with Crippen LogP contribution in [0.4, 0.5) is 0 Å². The number of H-pyrrole nitrogens is 1. The van der Waals surface area contributed by atoms with E-state index >= 15 is 0 Å². The van der Waals surface area contributed by atoms with E-state index in [0.29, 0.717) is 17.5 Å². The molecule has 6 heteroatoms. The molecule has 0 atom stereocenters. The molecule has 0 fully saturated rings. The molecule has 0 spiro atoms. The molecule has 7 aromatic carbocycles. The summed E-state index contributed by atoms with van der Waals surface area (Å²) in [6.45, 7) is 0. The summed E-state index contributed by atoms with van der Waals surface area (Å²) >= 11 is 0. The first kappa shape index (κ1) is 31.1. The van der Waals surface area contributed by atoms with Crippen LogP contribution in [0.5, 0.6) is 0 Å². The van der Waals surface area contributed by atoms with Gasteiger partial charge >= 0.3 is 0 Å². The summed E-state index contributed by atoms with van der Waals surface area (Å²) in [5.74, 6) is 1.88. The Bertz CT molecular complexity index is 3140. The third-order valence-electron chi connectivity index (χ3n) is 10.8. The first-order valence-electron chi connectivity index (χ1n) is 18.4. The highest BCUT2D eigenvalue weighted by Crippen LogP contribution is 2.40. The first-order chi connectivity index (χ1) is 27.2. The van der Waals surface area contributed by atoms with Crippen molar-refractivity contribution in [2.45, 2.75) is 6.42 Å². The van der Waals surface area contributed by atoms with Gasteiger partial charge in [-0.05, 0) is 76.7 Å². The third-order valence-corrected chi connectivity index (χ3v) is 10.8. The maximum absolute atomic E-state index is 13.2. The minimum absolute atomic E-state index is 0.0257. The van der Waals surface area contributed by atoms with Crippen molar-refractivity contribution in [2.75, 3.05) is 0 Å². The zero-order valence-electron chi connectivity index (χ0n) is 29.6. The van der Waals surface area contributed by atoms with E-state index in [1.54, 1.807) is 0 Å². The summed E-state index contributed by atoms with van der Waals surface area (Å²) in [5.41, 5.74) is 13.2. The molecule has 0 amide bonds. The van der Waals surface area contributed by atoms with Crippen molar-refractivity contribution in [3.8, 4) is 62.1 Å². The lowest BCUT2D eigenvalue weighted by Crippen LogP contribution is -2.09. The van der Waals surface area contributed by atoms with Gasteiger partial charge in [-0.1, -0.05) is 127 Å².